The number of hydrogen-bond donors (Lipinski definition) is 14. The van der Waals surface area contributed by atoms with Gasteiger partial charge in [0.05, 0.1) is 48.6 Å². The second kappa shape index (κ2) is 20.7. The van der Waals surface area contributed by atoms with Crippen molar-refractivity contribution in [3.8, 4) is 0 Å². The second-order valence-electron chi connectivity index (χ2n) is 25.0. The number of carbonyl (C=O) groups excluding carboxylic acids is 1. The lowest BCUT2D eigenvalue weighted by atomic mass is 9.35. The number of allylic oxidation sites excluding steroid dienone is 1. The van der Waals surface area contributed by atoms with Gasteiger partial charge in [-0.05, 0) is 106 Å². The molecule has 4 saturated carbocycles. The van der Waals surface area contributed by atoms with Crippen LogP contribution in [0.15, 0.2) is 11.6 Å². The summed E-state index contributed by atoms with van der Waals surface area (Å²) in [6, 6.07) is 0. The van der Waals surface area contributed by atoms with Crippen LogP contribution in [0.25, 0.3) is 0 Å². The Morgan fingerprint density at radius 3 is 1.81 bits per heavy atom. The number of ether oxygens (including phenoxy) is 8. The van der Waals surface area contributed by atoms with Crippen molar-refractivity contribution in [1.82, 2.24) is 0 Å². The number of esters is 1. The molecule has 75 heavy (non-hydrogen) atoms. The molecule has 0 amide bonds. The zero-order chi connectivity index (χ0) is 54.9. The molecule has 0 radical (unpaired) electrons. The van der Waals surface area contributed by atoms with E-state index in [4.69, 9.17) is 37.9 Å². The van der Waals surface area contributed by atoms with Gasteiger partial charge < -0.3 is 109 Å². The molecule has 0 aromatic heterocycles. The van der Waals surface area contributed by atoms with Crippen LogP contribution in [0.4, 0.5) is 0 Å². The van der Waals surface area contributed by atoms with Gasteiger partial charge in [-0.25, -0.2) is 0 Å². The number of fused-ring (bicyclic) bond motifs is 7. The first-order chi connectivity index (χ1) is 35.0. The van der Waals surface area contributed by atoms with Crippen LogP contribution in [0, 0.1) is 45.3 Å². The van der Waals surface area contributed by atoms with E-state index < -0.39 is 181 Å². The Labute approximate surface area is 436 Å². The summed E-state index contributed by atoms with van der Waals surface area (Å²) in [6.45, 7) is 11.8. The lowest BCUT2D eigenvalue weighted by Gasteiger charge is -2.71. The molecule has 9 aliphatic rings. The minimum absolute atomic E-state index is 0.0370. The molecule has 4 aliphatic heterocycles. The Hall–Kier alpha value is -1.63. The fraction of sp³-hybridized carbons (Fsp3) is 0.942. The van der Waals surface area contributed by atoms with E-state index >= 15 is 0 Å². The fourth-order valence-electron chi connectivity index (χ4n) is 16.0. The smallest absolute Gasteiger partial charge is 0.315 e. The number of aliphatic hydroxyl groups excluding tert-OH is 12. The maximum Gasteiger partial charge on any atom is 0.315 e. The highest BCUT2D eigenvalue weighted by molar-refractivity contribution is 5.79. The normalized spacial score (nSPS) is 55.8. The van der Waals surface area contributed by atoms with Crippen LogP contribution in [0.1, 0.15) is 106 Å². The van der Waals surface area contributed by atoms with Gasteiger partial charge in [-0.1, -0.05) is 40.7 Å². The standard InChI is InChI=1S/C52H84O23/c1-21-10-15-51(46(65)75-44-38(64)35(61)32(58)26(19-54)71-44)16-17-52(67)23(41(51)50(21,7)66)8-9-28-48(5)13-12-29(47(3,4)27(48)11-14-49(28,52)6)72-45-40(74-42-36(62)33(59)30(56)22(2)69-42)39(24(55)20-68-45)73-43-37(63)34(60)31(57)25(18-53)70-43/h8,21-22,24-45,53-64,66-67H,9-20H2,1-7H3. The number of carbonyl (C=O) groups is 1. The molecular weight excluding hydrogens is 993 g/mol. The highest BCUT2D eigenvalue weighted by atomic mass is 16.8. The van der Waals surface area contributed by atoms with E-state index in [0.29, 0.717) is 50.5 Å². The summed E-state index contributed by atoms with van der Waals surface area (Å²) >= 11 is 0. The molecular formula is C52H84O23. The largest absolute Gasteiger partial charge is 0.432 e. The van der Waals surface area contributed by atoms with E-state index in [-0.39, 0.29) is 37.2 Å². The van der Waals surface area contributed by atoms with Gasteiger partial charge in [-0.3, -0.25) is 4.79 Å². The van der Waals surface area contributed by atoms with Crippen molar-refractivity contribution in [2.45, 2.75) is 240 Å². The number of hydrogen-bond acceptors (Lipinski definition) is 23. The van der Waals surface area contributed by atoms with Crippen molar-refractivity contribution in [2.24, 2.45) is 45.3 Å². The SMILES string of the molecule is CC1OC(OC2C(OC3CCC4(C)C(CCC5(C)C4CC=C4C6C(C(=O)OC7OC(CO)C(O)C(O)C7O)(CCC(C)C6(C)O)CCC45O)C3(C)C)OCC(O)C2OC2OC(CO)C(O)C(O)C2O)C(O)C(O)C1O. The van der Waals surface area contributed by atoms with E-state index in [1.807, 2.05) is 13.0 Å². The molecule has 0 spiro atoms. The molecule has 8 fully saturated rings. The van der Waals surface area contributed by atoms with Gasteiger partial charge in [0.15, 0.2) is 18.9 Å². The summed E-state index contributed by atoms with van der Waals surface area (Å²) in [7, 11) is 0. The molecule has 4 saturated heterocycles. The first kappa shape index (κ1) is 58.0. The van der Waals surface area contributed by atoms with Crippen LogP contribution >= 0.6 is 0 Å². The average Bonchev–Trinajstić information content (AvgIpc) is 3.38. The molecule has 0 bridgehead atoms. The monoisotopic (exact) mass is 1080 g/mol. The molecule has 14 N–H and O–H groups in total. The van der Waals surface area contributed by atoms with Crippen LogP contribution in [0.2, 0.25) is 0 Å². The molecule has 5 aliphatic carbocycles. The Morgan fingerprint density at radius 2 is 1.19 bits per heavy atom. The summed E-state index contributed by atoms with van der Waals surface area (Å²) in [6.07, 6.45) is -25.1. The zero-order valence-corrected chi connectivity index (χ0v) is 43.9. The Bertz CT molecular complexity index is 2080. The van der Waals surface area contributed by atoms with Crippen molar-refractivity contribution < 1.29 is 114 Å². The molecule has 29 unspecified atom stereocenters. The molecule has 0 aromatic carbocycles. The van der Waals surface area contributed by atoms with E-state index in [1.54, 1.807) is 6.92 Å². The third-order valence-electron chi connectivity index (χ3n) is 20.8. The van der Waals surface area contributed by atoms with Gasteiger partial charge in [0.1, 0.15) is 85.5 Å². The highest BCUT2D eigenvalue weighted by Gasteiger charge is 2.73. The van der Waals surface area contributed by atoms with Crippen molar-refractivity contribution in [1.29, 1.82) is 0 Å². The van der Waals surface area contributed by atoms with Crippen LogP contribution < -0.4 is 0 Å². The van der Waals surface area contributed by atoms with Crippen LogP contribution in [-0.2, 0) is 42.7 Å². The van der Waals surface area contributed by atoms with Crippen molar-refractivity contribution in [3.05, 3.63) is 11.6 Å². The maximum absolute atomic E-state index is 14.8. The van der Waals surface area contributed by atoms with Crippen LogP contribution in [-0.4, -0.2) is 231 Å². The molecule has 23 nitrogen and oxygen atoms in total. The minimum Gasteiger partial charge on any atom is -0.432 e. The second-order valence-corrected chi connectivity index (χ2v) is 25.0. The Morgan fingerprint density at radius 1 is 0.613 bits per heavy atom. The van der Waals surface area contributed by atoms with E-state index in [9.17, 15) is 76.3 Å². The summed E-state index contributed by atoms with van der Waals surface area (Å²) in [5.41, 5.74) is -5.60. The van der Waals surface area contributed by atoms with E-state index in [1.165, 1.54) is 6.92 Å². The van der Waals surface area contributed by atoms with Crippen molar-refractivity contribution in [2.75, 3.05) is 19.8 Å². The van der Waals surface area contributed by atoms with Crippen molar-refractivity contribution in [3.63, 3.8) is 0 Å². The van der Waals surface area contributed by atoms with Crippen LogP contribution in [0.5, 0.6) is 0 Å². The first-order valence-electron chi connectivity index (χ1n) is 27.0. The number of aliphatic hydroxyl groups is 14. The zero-order valence-electron chi connectivity index (χ0n) is 43.9. The van der Waals surface area contributed by atoms with Crippen molar-refractivity contribution >= 4 is 5.97 Å². The third kappa shape index (κ3) is 9.11. The number of rotatable bonds is 10. The molecule has 0 aromatic rings. The van der Waals surface area contributed by atoms with Gasteiger partial charge in [0.25, 0.3) is 0 Å². The lowest BCUT2D eigenvalue weighted by Crippen LogP contribution is -2.71. The average molecular weight is 1080 g/mol. The van der Waals surface area contributed by atoms with E-state index in [0.717, 1.165) is 0 Å². The lowest BCUT2D eigenvalue weighted by molar-refractivity contribution is -0.388. The van der Waals surface area contributed by atoms with Gasteiger partial charge in [-0.2, -0.15) is 0 Å². The summed E-state index contributed by atoms with van der Waals surface area (Å²) in [5, 5.41) is 154. The van der Waals surface area contributed by atoms with Gasteiger partial charge in [0, 0.05) is 11.3 Å². The predicted octanol–water partition coefficient (Wildman–Crippen LogP) is -2.67. The maximum atomic E-state index is 14.8. The molecule has 23 heteroatoms. The Balaban J connectivity index is 0.986. The fourth-order valence-corrected chi connectivity index (χ4v) is 16.0. The molecule has 29 atom stereocenters. The van der Waals surface area contributed by atoms with Crippen LogP contribution in [0.3, 0.4) is 0 Å². The summed E-state index contributed by atoms with van der Waals surface area (Å²) in [5.74, 6) is -2.14. The summed E-state index contributed by atoms with van der Waals surface area (Å²) < 4.78 is 48.5. The third-order valence-corrected chi connectivity index (χ3v) is 20.8. The topological polar surface area (TPSA) is 374 Å². The van der Waals surface area contributed by atoms with Gasteiger partial charge >= 0.3 is 5.97 Å². The van der Waals surface area contributed by atoms with Gasteiger partial charge in [-0.15, -0.1) is 0 Å². The molecule has 430 valence electrons. The summed E-state index contributed by atoms with van der Waals surface area (Å²) in [4.78, 5) is 14.8. The first-order valence-corrected chi connectivity index (χ1v) is 27.0. The van der Waals surface area contributed by atoms with Gasteiger partial charge in [0.2, 0.25) is 6.29 Å². The molecule has 4 heterocycles. The highest BCUT2D eigenvalue weighted by Crippen LogP contribution is 2.74. The van der Waals surface area contributed by atoms with E-state index in [2.05, 4.69) is 27.7 Å². The minimum atomic E-state index is -1.86. The predicted molar refractivity (Wildman–Crippen MR) is 254 cm³/mol. The Kier molecular flexibility index (Phi) is 16.0. The quantitative estimate of drug-likeness (QED) is 0.0603. The molecule has 9 rings (SSSR count).